The average molecular weight is 317 g/mol. The van der Waals surface area contributed by atoms with Gasteiger partial charge in [0.2, 0.25) is 0 Å². The molecule has 124 valence electrons. The largest absolute Gasteiger partial charge is 0.488 e. The molecule has 2 N–H and O–H groups in total. The van der Waals surface area contributed by atoms with Crippen molar-refractivity contribution in [2.24, 2.45) is 11.7 Å². The Morgan fingerprint density at radius 1 is 1.04 bits per heavy atom. The van der Waals surface area contributed by atoms with Crippen LogP contribution in [0.2, 0.25) is 0 Å². The van der Waals surface area contributed by atoms with E-state index in [4.69, 9.17) is 15.2 Å². The summed E-state index contributed by atoms with van der Waals surface area (Å²) < 4.78 is 25.0. The molecule has 0 amide bonds. The SMILES string of the molecule is Cc1ccc(Oc2cc(F)ccc2OC[C@@H](N)CC(C)C)cc1. The van der Waals surface area contributed by atoms with Gasteiger partial charge in [-0.2, -0.15) is 0 Å². The number of nitrogens with two attached hydrogens (primary N) is 1. The first-order valence-electron chi connectivity index (χ1n) is 7.86. The topological polar surface area (TPSA) is 44.5 Å². The van der Waals surface area contributed by atoms with Gasteiger partial charge in [-0.15, -0.1) is 0 Å². The minimum atomic E-state index is -0.369. The van der Waals surface area contributed by atoms with Crippen LogP contribution in [0, 0.1) is 18.7 Å². The third kappa shape index (κ3) is 5.57. The van der Waals surface area contributed by atoms with Crippen LogP contribution in [-0.4, -0.2) is 12.6 Å². The van der Waals surface area contributed by atoms with Crippen LogP contribution in [0.25, 0.3) is 0 Å². The van der Waals surface area contributed by atoms with Crippen molar-refractivity contribution >= 4 is 0 Å². The number of halogens is 1. The van der Waals surface area contributed by atoms with Crippen LogP contribution in [0.3, 0.4) is 0 Å². The minimum Gasteiger partial charge on any atom is -0.488 e. The smallest absolute Gasteiger partial charge is 0.172 e. The normalized spacial score (nSPS) is 12.3. The van der Waals surface area contributed by atoms with Crippen LogP contribution >= 0.6 is 0 Å². The van der Waals surface area contributed by atoms with Gasteiger partial charge in [-0.05, 0) is 43.5 Å². The molecule has 0 spiro atoms. The Balaban J connectivity index is 2.09. The first kappa shape index (κ1) is 17.3. The zero-order valence-electron chi connectivity index (χ0n) is 13.9. The van der Waals surface area contributed by atoms with Gasteiger partial charge in [0, 0.05) is 12.1 Å². The molecule has 3 nitrogen and oxygen atoms in total. The zero-order valence-corrected chi connectivity index (χ0v) is 13.9. The molecule has 0 aliphatic heterocycles. The standard InChI is InChI=1S/C19H24FNO2/c1-13(2)10-16(21)12-22-18-9-6-15(20)11-19(18)23-17-7-4-14(3)5-8-17/h4-9,11,13,16H,10,12,21H2,1-3H3/t16-/m0/s1. The summed E-state index contributed by atoms with van der Waals surface area (Å²) in [5.74, 6) is 1.62. The van der Waals surface area contributed by atoms with Crippen molar-refractivity contribution in [1.29, 1.82) is 0 Å². The molecule has 4 heteroatoms. The van der Waals surface area contributed by atoms with E-state index in [0.717, 1.165) is 12.0 Å². The molecule has 23 heavy (non-hydrogen) atoms. The van der Waals surface area contributed by atoms with E-state index < -0.39 is 0 Å². The second kappa shape index (κ2) is 7.97. The lowest BCUT2D eigenvalue weighted by Crippen LogP contribution is -2.29. The van der Waals surface area contributed by atoms with E-state index in [1.54, 1.807) is 6.07 Å². The van der Waals surface area contributed by atoms with E-state index >= 15 is 0 Å². The lowest BCUT2D eigenvalue weighted by molar-refractivity contribution is 0.261. The van der Waals surface area contributed by atoms with Crippen LogP contribution < -0.4 is 15.2 Å². The molecule has 0 radical (unpaired) electrons. The molecule has 0 unspecified atom stereocenters. The van der Waals surface area contributed by atoms with Crippen LogP contribution in [0.1, 0.15) is 25.8 Å². The van der Waals surface area contributed by atoms with Crippen LogP contribution in [0.4, 0.5) is 4.39 Å². The van der Waals surface area contributed by atoms with Gasteiger partial charge in [-0.3, -0.25) is 0 Å². The van der Waals surface area contributed by atoms with Crippen molar-refractivity contribution in [3.05, 3.63) is 53.8 Å². The van der Waals surface area contributed by atoms with Crippen molar-refractivity contribution in [1.82, 2.24) is 0 Å². The predicted octanol–water partition coefficient (Wildman–Crippen LogP) is 4.68. The molecule has 2 aromatic rings. The summed E-state index contributed by atoms with van der Waals surface area (Å²) in [5, 5.41) is 0. The number of aryl methyl sites for hydroxylation is 1. The molecule has 1 atom stereocenters. The maximum atomic E-state index is 13.5. The Morgan fingerprint density at radius 2 is 1.74 bits per heavy atom. The van der Waals surface area contributed by atoms with Gasteiger partial charge >= 0.3 is 0 Å². The number of benzene rings is 2. The maximum absolute atomic E-state index is 13.5. The highest BCUT2D eigenvalue weighted by Crippen LogP contribution is 2.32. The van der Waals surface area contributed by atoms with Crippen LogP contribution in [-0.2, 0) is 0 Å². The Hall–Kier alpha value is -2.07. The first-order chi connectivity index (χ1) is 10.9. The second-order valence-corrected chi connectivity index (χ2v) is 6.21. The van der Waals surface area contributed by atoms with Crippen molar-refractivity contribution in [2.45, 2.75) is 33.2 Å². The van der Waals surface area contributed by atoms with Gasteiger partial charge in [0.1, 0.15) is 18.2 Å². The average Bonchev–Trinajstić information content (AvgIpc) is 2.48. The summed E-state index contributed by atoms with van der Waals surface area (Å²) >= 11 is 0. The zero-order chi connectivity index (χ0) is 16.8. The first-order valence-corrected chi connectivity index (χ1v) is 7.86. The Labute approximate surface area is 137 Å². The summed E-state index contributed by atoms with van der Waals surface area (Å²) in [6.45, 7) is 6.60. The van der Waals surface area contributed by atoms with Crippen molar-refractivity contribution < 1.29 is 13.9 Å². The molecule has 0 fully saturated rings. The van der Waals surface area contributed by atoms with Gasteiger partial charge in [0.15, 0.2) is 11.5 Å². The lowest BCUT2D eigenvalue weighted by atomic mass is 10.1. The molecule has 0 heterocycles. The quantitative estimate of drug-likeness (QED) is 0.806. The number of rotatable bonds is 7. The summed E-state index contributed by atoms with van der Waals surface area (Å²) in [4.78, 5) is 0. The highest BCUT2D eigenvalue weighted by Gasteiger charge is 2.11. The summed E-state index contributed by atoms with van der Waals surface area (Å²) in [6, 6.07) is 11.7. The van der Waals surface area contributed by atoms with E-state index in [1.807, 2.05) is 31.2 Å². The maximum Gasteiger partial charge on any atom is 0.172 e. The molecular formula is C19H24FNO2. The molecule has 0 aliphatic rings. The summed E-state index contributed by atoms with van der Waals surface area (Å²) in [5.41, 5.74) is 7.16. The number of ether oxygens (including phenoxy) is 2. The number of hydrogen-bond donors (Lipinski definition) is 1. The lowest BCUT2D eigenvalue weighted by Gasteiger charge is -2.17. The highest BCUT2D eigenvalue weighted by atomic mass is 19.1. The Morgan fingerprint density at radius 3 is 2.39 bits per heavy atom. The number of hydrogen-bond acceptors (Lipinski definition) is 3. The van der Waals surface area contributed by atoms with Gasteiger partial charge in [-0.1, -0.05) is 31.5 Å². The van der Waals surface area contributed by atoms with E-state index in [9.17, 15) is 4.39 Å². The second-order valence-electron chi connectivity index (χ2n) is 6.21. The highest BCUT2D eigenvalue weighted by molar-refractivity contribution is 5.43. The molecule has 0 bridgehead atoms. The van der Waals surface area contributed by atoms with E-state index in [2.05, 4.69) is 13.8 Å². The van der Waals surface area contributed by atoms with Gasteiger partial charge < -0.3 is 15.2 Å². The molecule has 2 aromatic carbocycles. The molecule has 0 saturated carbocycles. The molecular weight excluding hydrogens is 293 g/mol. The summed E-state index contributed by atoms with van der Waals surface area (Å²) in [7, 11) is 0. The molecule has 2 rings (SSSR count). The van der Waals surface area contributed by atoms with E-state index in [1.165, 1.54) is 12.1 Å². The predicted molar refractivity (Wildman–Crippen MR) is 90.6 cm³/mol. The Bertz CT molecular complexity index is 626. The molecule has 0 aromatic heterocycles. The van der Waals surface area contributed by atoms with Crippen LogP contribution in [0.15, 0.2) is 42.5 Å². The van der Waals surface area contributed by atoms with Gasteiger partial charge in [-0.25, -0.2) is 4.39 Å². The van der Waals surface area contributed by atoms with Crippen molar-refractivity contribution in [3.8, 4) is 17.2 Å². The van der Waals surface area contributed by atoms with Crippen molar-refractivity contribution in [3.63, 3.8) is 0 Å². The fourth-order valence-corrected chi connectivity index (χ4v) is 2.28. The minimum absolute atomic E-state index is 0.0627. The fraction of sp³-hybridized carbons (Fsp3) is 0.368. The van der Waals surface area contributed by atoms with E-state index in [-0.39, 0.29) is 11.9 Å². The molecule has 0 aliphatic carbocycles. The fourth-order valence-electron chi connectivity index (χ4n) is 2.28. The van der Waals surface area contributed by atoms with Crippen LogP contribution in [0.5, 0.6) is 17.2 Å². The van der Waals surface area contributed by atoms with Crippen molar-refractivity contribution in [2.75, 3.05) is 6.61 Å². The summed E-state index contributed by atoms with van der Waals surface area (Å²) in [6.07, 6.45) is 0.870. The van der Waals surface area contributed by atoms with Gasteiger partial charge in [0.25, 0.3) is 0 Å². The third-order valence-electron chi connectivity index (χ3n) is 3.38. The van der Waals surface area contributed by atoms with E-state index in [0.29, 0.717) is 29.8 Å². The third-order valence-corrected chi connectivity index (χ3v) is 3.38. The van der Waals surface area contributed by atoms with Gasteiger partial charge in [0.05, 0.1) is 0 Å². The Kier molecular flexibility index (Phi) is 5.99. The monoisotopic (exact) mass is 317 g/mol. The molecule has 0 saturated heterocycles.